The molecule has 0 saturated carbocycles. The summed E-state index contributed by atoms with van der Waals surface area (Å²) in [4.78, 5) is 4.70. The van der Waals surface area contributed by atoms with Gasteiger partial charge in [0.05, 0.1) is 13.2 Å². The average Bonchev–Trinajstić information content (AvgIpc) is 2.40. The summed E-state index contributed by atoms with van der Waals surface area (Å²) < 4.78 is 5.39. The molecule has 19 heavy (non-hydrogen) atoms. The zero-order chi connectivity index (χ0) is 14.0. The molecule has 1 unspecified atom stereocenters. The van der Waals surface area contributed by atoms with Gasteiger partial charge >= 0.3 is 0 Å². The molecule has 0 aliphatic carbocycles. The van der Waals surface area contributed by atoms with Gasteiger partial charge in [0.2, 0.25) is 0 Å². The number of rotatable bonds is 3. The van der Waals surface area contributed by atoms with E-state index in [1.54, 1.807) is 14.0 Å². The molecule has 1 N–H and O–H groups in total. The van der Waals surface area contributed by atoms with Gasteiger partial charge in [-0.15, -0.1) is 0 Å². The Morgan fingerprint density at radius 3 is 2.68 bits per heavy atom. The van der Waals surface area contributed by atoms with Crippen molar-refractivity contribution < 1.29 is 9.84 Å². The number of likely N-dealkylation sites (N-methyl/N-ethyl adjacent to an activating group) is 1. The molecule has 1 aromatic carbocycles. The van der Waals surface area contributed by atoms with Crippen LogP contribution in [0.1, 0.15) is 25.5 Å². The Hall–Kier alpha value is -1.26. The van der Waals surface area contributed by atoms with Crippen LogP contribution in [0.15, 0.2) is 18.2 Å². The summed E-state index contributed by atoms with van der Waals surface area (Å²) in [6.45, 7) is 7.02. The van der Waals surface area contributed by atoms with Crippen molar-refractivity contribution in [2.45, 2.75) is 26.0 Å². The second-order valence-corrected chi connectivity index (χ2v) is 5.34. The molecule has 1 aliphatic heterocycles. The summed E-state index contributed by atoms with van der Waals surface area (Å²) >= 11 is 0. The van der Waals surface area contributed by atoms with Crippen molar-refractivity contribution in [3.8, 4) is 5.75 Å². The first-order valence-corrected chi connectivity index (χ1v) is 6.84. The first kappa shape index (κ1) is 14.2. The highest BCUT2D eigenvalue weighted by Crippen LogP contribution is 2.35. The summed E-state index contributed by atoms with van der Waals surface area (Å²) in [5.41, 5.74) is 1.98. The second kappa shape index (κ2) is 5.80. The van der Waals surface area contributed by atoms with Gasteiger partial charge in [-0.2, -0.15) is 0 Å². The average molecular weight is 264 g/mol. The number of ether oxygens (including phenoxy) is 1. The second-order valence-electron chi connectivity index (χ2n) is 5.34. The van der Waals surface area contributed by atoms with Gasteiger partial charge in [0.15, 0.2) is 0 Å². The van der Waals surface area contributed by atoms with Gasteiger partial charge in [-0.3, -0.25) is 0 Å². The first-order valence-electron chi connectivity index (χ1n) is 6.84. The van der Waals surface area contributed by atoms with E-state index in [1.807, 2.05) is 12.1 Å². The van der Waals surface area contributed by atoms with E-state index in [1.165, 1.54) is 0 Å². The van der Waals surface area contributed by atoms with Crippen molar-refractivity contribution in [2.75, 3.05) is 38.7 Å². The quantitative estimate of drug-likeness (QED) is 0.904. The Kier molecular flexibility index (Phi) is 4.32. The lowest BCUT2D eigenvalue weighted by atomic mass is 10.0. The van der Waals surface area contributed by atoms with Crippen molar-refractivity contribution in [3.05, 3.63) is 23.8 Å². The minimum absolute atomic E-state index is 0.516. The predicted molar refractivity (Wildman–Crippen MR) is 77.9 cm³/mol. The molecule has 1 aromatic rings. The molecular weight excluding hydrogens is 240 g/mol. The van der Waals surface area contributed by atoms with Gasteiger partial charge in [0.25, 0.3) is 0 Å². The van der Waals surface area contributed by atoms with E-state index in [2.05, 4.69) is 29.8 Å². The number of anilines is 1. The SMILES string of the molecule is COc1cccc(N2CCN(C)C(C)C2)c1[C@H](C)O. The van der Waals surface area contributed by atoms with Crippen LogP contribution in [0.2, 0.25) is 0 Å². The molecule has 106 valence electrons. The highest BCUT2D eigenvalue weighted by molar-refractivity contribution is 5.60. The standard InChI is InChI=1S/C15H24N2O2/c1-11-10-17(9-8-16(11)3)13-6-5-7-14(19-4)15(13)12(2)18/h5-7,11-12,18H,8-10H2,1-4H3/t11?,12-/m0/s1. The number of hydrogen-bond acceptors (Lipinski definition) is 4. The normalized spacial score (nSPS) is 22.4. The largest absolute Gasteiger partial charge is 0.496 e. The van der Waals surface area contributed by atoms with Crippen LogP contribution in [0.3, 0.4) is 0 Å². The molecule has 0 bridgehead atoms. The fourth-order valence-electron chi connectivity index (χ4n) is 2.67. The van der Waals surface area contributed by atoms with Crippen molar-refractivity contribution in [2.24, 2.45) is 0 Å². The van der Waals surface area contributed by atoms with Crippen LogP contribution in [0.25, 0.3) is 0 Å². The minimum atomic E-state index is -0.527. The summed E-state index contributed by atoms with van der Waals surface area (Å²) in [5, 5.41) is 10.0. The third-order valence-corrected chi connectivity index (χ3v) is 3.98. The van der Waals surface area contributed by atoms with E-state index in [-0.39, 0.29) is 0 Å². The van der Waals surface area contributed by atoms with E-state index < -0.39 is 6.10 Å². The van der Waals surface area contributed by atoms with Crippen LogP contribution < -0.4 is 9.64 Å². The zero-order valence-electron chi connectivity index (χ0n) is 12.3. The molecule has 2 atom stereocenters. The number of aliphatic hydroxyl groups excluding tert-OH is 1. The Morgan fingerprint density at radius 2 is 2.11 bits per heavy atom. The molecule has 0 radical (unpaired) electrons. The van der Waals surface area contributed by atoms with Gasteiger partial charge in [0, 0.05) is 36.9 Å². The summed E-state index contributed by atoms with van der Waals surface area (Å²) in [7, 11) is 3.81. The number of hydrogen-bond donors (Lipinski definition) is 1. The molecule has 4 heteroatoms. The van der Waals surface area contributed by atoms with E-state index in [0.29, 0.717) is 6.04 Å². The van der Waals surface area contributed by atoms with Crippen molar-refractivity contribution >= 4 is 5.69 Å². The summed E-state index contributed by atoms with van der Waals surface area (Å²) in [6, 6.07) is 6.48. The van der Waals surface area contributed by atoms with Crippen LogP contribution in [-0.4, -0.2) is 49.8 Å². The molecule has 1 aliphatic rings. The van der Waals surface area contributed by atoms with Crippen molar-refractivity contribution in [3.63, 3.8) is 0 Å². The van der Waals surface area contributed by atoms with Gasteiger partial charge < -0.3 is 19.6 Å². The maximum Gasteiger partial charge on any atom is 0.126 e. The van der Waals surface area contributed by atoms with E-state index in [4.69, 9.17) is 4.74 Å². The van der Waals surface area contributed by atoms with Crippen LogP contribution in [0, 0.1) is 0 Å². The number of piperazine rings is 1. The Bertz CT molecular complexity index is 434. The Labute approximate surface area is 115 Å². The fraction of sp³-hybridized carbons (Fsp3) is 0.600. The fourth-order valence-corrected chi connectivity index (χ4v) is 2.67. The Balaban J connectivity index is 2.34. The molecule has 1 heterocycles. The van der Waals surface area contributed by atoms with Gasteiger partial charge in [-0.1, -0.05) is 6.07 Å². The summed E-state index contributed by atoms with van der Waals surface area (Å²) in [6.07, 6.45) is -0.527. The number of methoxy groups -OCH3 is 1. The van der Waals surface area contributed by atoms with Gasteiger partial charge in [-0.05, 0) is 33.0 Å². The number of aliphatic hydroxyl groups is 1. The molecule has 0 aromatic heterocycles. The van der Waals surface area contributed by atoms with Crippen LogP contribution >= 0.6 is 0 Å². The van der Waals surface area contributed by atoms with Crippen LogP contribution in [-0.2, 0) is 0 Å². The molecule has 4 nitrogen and oxygen atoms in total. The number of benzene rings is 1. The Morgan fingerprint density at radius 1 is 1.37 bits per heavy atom. The lowest BCUT2D eigenvalue weighted by Crippen LogP contribution is -2.50. The van der Waals surface area contributed by atoms with Gasteiger partial charge in [0.1, 0.15) is 5.75 Å². The minimum Gasteiger partial charge on any atom is -0.496 e. The van der Waals surface area contributed by atoms with Crippen LogP contribution in [0.4, 0.5) is 5.69 Å². The predicted octanol–water partition coefficient (Wildman–Crippen LogP) is 1.89. The van der Waals surface area contributed by atoms with Gasteiger partial charge in [-0.25, -0.2) is 0 Å². The van der Waals surface area contributed by atoms with Crippen molar-refractivity contribution in [1.29, 1.82) is 0 Å². The third kappa shape index (κ3) is 2.85. The third-order valence-electron chi connectivity index (χ3n) is 3.98. The maximum atomic E-state index is 10.0. The lowest BCUT2D eigenvalue weighted by molar-refractivity contribution is 0.193. The summed E-state index contributed by atoms with van der Waals surface area (Å²) in [5.74, 6) is 0.763. The van der Waals surface area contributed by atoms with Crippen molar-refractivity contribution in [1.82, 2.24) is 4.90 Å². The molecular formula is C15H24N2O2. The zero-order valence-corrected chi connectivity index (χ0v) is 12.3. The molecule has 1 saturated heterocycles. The molecule has 2 rings (SSSR count). The van der Waals surface area contributed by atoms with E-state index in [0.717, 1.165) is 36.6 Å². The number of nitrogens with zero attached hydrogens (tertiary/aromatic N) is 2. The molecule has 1 fully saturated rings. The van der Waals surface area contributed by atoms with Crippen LogP contribution in [0.5, 0.6) is 5.75 Å². The smallest absolute Gasteiger partial charge is 0.126 e. The maximum absolute atomic E-state index is 10.0. The molecule has 0 amide bonds. The topological polar surface area (TPSA) is 35.9 Å². The van der Waals surface area contributed by atoms with E-state index >= 15 is 0 Å². The molecule has 0 spiro atoms. The first-order chi connectivity index (χ1) is 9.04. The lowest BCUT2D eigenvalue weighted by Gasteiger charge is -2.40. The monoisotopic (exact) mass is 264 g/mol. The van der Waals surface area contributed by atoms with E-state index in [9.17, 15) is 5.11 Å². The highest BCUT2D eigenvalue weighted by atomic mass is 16.5. The highest BCUT2D eigenvalue weighted by Gasteiger charge is 2.24.